The Morgan fingerprint density at radius 3 is 2.73 bits per heavy atom. The van der Waals surface area contributed by atoms with Crippen LogP contribution in [-0.2, 0) is 6.54 Å². The van der Waals surface area contributed by atoms with Crippen molar-refractivity contribution >= 4 is 5.97 Å². The smallest absolute Gasteiger partial charge is 0.352 e. The molecule has 0 atom stereocenters. The standard InChI is InChI=1S/C11H15NO3/c1-2-3-4-8-12-9(11(14)15)6-5-7-10(12)13/h5-7H,2-4,8H2,1H3,(H,14,15). The van der Waals surface area contributed by atoms with Gasteiger partial charge in [0.05, 0.1) is 0 Å². The third-order valence-corrected chi connectivity index (χ3v) is 2.25. The first kappa shape index (κ1) is 11.5. The number of carboxylic acid groups (broad SMARTS) is 1. The van der Waals surface area contributed by atoms with Crippen LogP contribution in [-0.4, -0.2) is 15.6 Å². The van der Waals surface area contributed by atoms with Crippen LogP contribution in [0.3, 0.4) is 0 Å². The lowest BCUT2D eigenvalue weighted by atomic mass is 10.2. The van der Waals surface area contributed by atoms with Crippen molar-refractivity contribution in [3.63, 3.8) is 0 Å². The van der Waals surface area contributed by atoms with Crippen LogP contribution in [0, 0.1) is 0 Å². The highest BCUT2D eigenvalue weighted by Crippen LogP contribution is 2.01. The van der Waals surface area contributed by atoms with Crippen molar-refractivity contribution in [3.05, 3.63) is 34.2 Å². The van der Waals surface area contributed by atoms with Gasteiger partial charge in [0, 0.05) is 12.6 Å². The number of hydrogen-bond donors (Lipinski definition) is 1. The monoisotopic (exact) mass is 209 g/mol. The largest absolute Gasteiger partial charge is 0.477 e. The second-order valence-corrected chi connectivity index (χ2v) is 3.41. The van der Waals surface area contributed by atoms with E-state index in [0.717, 1.165) is 19.3 Å². The maximum atomic E-state index is 11.4. The highest BCUT2D eigenvalue weighted by atomic mass is 16.4. The van der Waals surface area contributed by atoms with Gasteiger partial charge in [-0.2, -0.15) is 0 Å². The molecule has 0 fully saturated rings. The summed E-state index contributed by atoms with van der Waals surface area (Å²) >= 11 is 0. The van der Waals surface area contributed by atoms with Gasteiger partial charge in [0.1, 0.15) is 5.69 Å². The summed E-state index contributed by atoms with van der Waals surface area (Å²) in [5, 5.41) is 8.89. The van der Waals surface area contributed by atoms with Crippen molar-refractivity contribution in [2.45, 2.75) is 32.7 Å². The number of rotatable bonds is 5. The molecule has 0 bridgehead atoms. The van der Waals surface area contributed by atoms with E-state index in [4.69, 9.17) is 5.11 Å². The molecule has 1 aromatic rings. The summed E-state index contributed by atoms with van der Waals surface area (Å²) < 4.78 is 1.32. The molecular weight excluding hydrogens is 194 g/mol. The normalized spacial score (nSPS) is 10.2. The summed E-state index contributed by atoms with van der Waals surface area (Å²) in [4.78, 5) is 22.3. The van der Waals surface area contributed by atoms with Gasteiger partial charge >= 0.3 is 5.97 Å². The average Bonchev–Trinajstić information content (AvgIpc) is 2.20. The Morgan fingerprint density at radius 1 is 1.40 bits per heavy atom. The maximum absolute atomic E-state index is 11.4. The van der Waals surface area contributed by atoms with Gasteiger partial charge in [0.2, 0.25) is 0 Å². The summed E-state index contributed by atoms with van der Waals surface area (Å²) in [6.07, 6.45) is 2.88. The van der Waals surface area contributed by atoms with Crippen LogP contribution in [0.2, 0.25) is 0 Å². The molecule has 82 valence electrons. The first-order chi connectivity index (χ1) is 7.16. The van der Waals surface area contributed by atoms with E-state index in [1.165, 1.54) is 22.8 Å². The van der Waals surface area contributed by atoms with Crippen molar-refractivity contribution in [3.8, 4) is 0 Å². The van der Waals surface area contributed by atoms with Crippen LogP contribution in [0.1, 0.15) is 36.7 Å². The molecule has 1 heterocycles. The van der Waals surface area contributed by atoms with E-state index in [0.29, 0.717) is 6.54 Å². The molecule has 0 radical (unpaired) electrons. The molecule has 0 aliphatic rings. The molecule has 0 spiro atoms. The molecule has 0 saturated heterocycles. The van der Waals surface area contributed by atoms with Gasteiger partial charge in [-0.15, -0.1) is 0 Å². The van der Waals surface area contributed by atoms with E-state index in [-0.39, 0.29) is 11.3 Å². The molecule has 0 amide bonds. The topological polar surface area (TPSA) is 59.3 Å². The number of aromatic nitrogens is 1. The Bertz CT molecular complexity index is 395. The maximum Gasteiger partial charge on any atom is 0.352 e. The summed E-state index contributed by atoms with van der Waals surface area (Å²) in [6.45, 7) is 2.54. The molecule has 1 N–H and O–H groups in total. The lowest BCUT2D eigenvalue weighted by Gasteiger charge is -2.08. The SMILES string of the molecule is CCCCCn1c(C(=O)O)cccc1=O. The van der Waals surface area contributed by atoms with Crippen LogP contribution in [0.15, 0.2) is 23.0 Å². The van der Waals surface area contributed by atoms with Gasteiger partial charge in [-0.05, 0) is 12.5 Å². The predicted octanol–water partition coefficient (Wildman–Crippen LogP) is 1.74. The van der Waals surface area contributed by atoms with Crippen LogP contribution in [0.5, 0.6) is 0 Å². The molecule has 4 nitrogen and oxygen atoms in total. The molecule has 0 aliphatic carbocycles. The molecule has 1 aromatic heterocycles. The minimum Gasteiger partial charge on any atom is -0.477 e. The number of carboxylic acids is 1. The Hall–Kier alpha value is -1.58. The molecule has 4 heteroatoms. The number of unbranched alkanes of at least 4 members (excludes halogenated alkanes) is 2. The molecule has 0 saturated carbocycles. The highest BCUT2D eigenvalue weighted by Gasteiger charge is 2.09. The van der Waals surface area contributed by atoms with Gasteiger partial charge in [0.25, 0.3) is 5.56 Å². The molecular formula is C11H15NO3. The van der Waals surface area contributed by atoms with Gasteiger partial charge in [-0.25, -0.2) is 4.79 Å². The van der Waals surface area contributed by atoms with E-state index in [1.807, 2.05) is 0 Å². The lowest BCUT2D eigenvalue weighted by molar-refractivity contribution is 0.0683. The van der Waals surface area contributed by atoms with E-state index in [9.17, 15) is 9.59 Å². The Kier molecular flexibility index (Phi) is 4.09. The summed E-state index contributed by atoms with van der Waals surface area (Å²) in [5.74, 6) is -1.05. The highest BCUT2D eigenvalue weighted by molar-refractivity contribution is 5.85. The van der Waals surface area contributed by atoms with Crippen LogP contribution >= 0.6 is 0 Å². The van der Waals surface area contributed by atoms with Crippen molar-refractivity contribution in [2.24, 2.45) is 0 Å². The van der Waals surface area contributed by atoms with Crippen molar-refractivity contribution in [1.29, 1.82) is 0 Å². The van der Waals surface area contributed by atoms with Gasteiger partial charge < -0.3 is 9.67 Å². The van der Waals surface area contributed by atoms with Crippen molar-refractivity contribution in [2.75, 3.05) is 0 Å². The predicted molar refractivity (Wildman–Crippen MR) is 57.2 cm³/mol. The van der Waals surface area contributed by atoms with Gasteiger partial charge in [-0.3, -0.25) is 4.79 Å². The zero-order valence-electron chi connectivity index (χ0n) is 8.77. The number of pyridine rings is 1. The molecule has 0 aromatic carbocycles. The van der Waals surface area contributed by atoms with E-state index < -0.39 is 5.97 Å². The number of hydrogen-bond acceptors (Lipinski definition) is 2. The van der Waals surface area contributed by atoms with E-state index >= 15 is 0 Å². The number of carbonyl (C=O) groups is 1. The van der Waals surface area contributed by atoms with Gasteiger partial charge in [0.15, 0.2) is 0 Å². The van der Waals surface area contributed by atoms with E-state index in [2.05, 4.69) is 6.92 Å². The van der Waals surface area contributed by atoms with Gasteiger partial charge in [-0.1, -0.05) is 25.8 Å². The Balaban J connectivity index is 2.93. The van der Waals surface area contributed by atoms with E-state index in [1.54, 1.807) is 0 Å². The van der Waals surface area contributed by atoms with Crippen molar-refractivity contribution < 1.29 is 9.90 Å². The minimum absolute atomic E-state index is 0.0682. The minimum atomic E-state index is -1.05. The fourth-order valence-corrected chi connectivity index (χ4v) is 1.46. The number of aromatic carboxylic acids is 1. The lowest BCUT2D eigenvalue weighted by Crippen LogP contribution is -2.24. The number of nitrogens with zero attached hydrogens (tertiary/aromatic N) is 1. The second-order valence-electron chi connectivity index (χ2n) is 3.41. The average molecular weight is 209 g/mol. The second kappa shape index (κ2) is 5.34. The first-order valence-electron chi connectivity index (χ1n) is 5.10. The molecule has 0 aliphatic heterocycles. The zero-order chi connectivity index (χ0) is 11.3. The van der Waals surface area contributed by atoms with Crippen molar-refractivity contribution in [1.82, 2.24) is 4.57 Å². The molecule has 15 heavy (non-hydrogen) atoms. The molecule has 0 unspecified atom stereocenters. The van der Waals surface area contributed by atoms with Crippen LogP contribution < -0.4 is 5.56 Å². The summed E-state index contributed by atoms with van der Waals surface area (Å²) in [7, 11) is 0. The molecule has 1 rings (SSSR count). The quantitative estimate of drug-likeness (QED) is 0.751. The fourth-order valence-electron chi connectivity index (χ4n) is 1.46. The fraction of sp³-hybridized carbons (Fsp3) is 0.455. The Labute approximate surface area is 88.2 Å². The zero-order valence-corrected chi connectivity index (χ0v) is 8.77. The Morgan fingerprint density at radius 2 is 2.13 bits per heavy atom. The third-order valence-electron chi connectivity index (χ3n) is 2.25. The summed E-state index contributed by atoms with van der Waals surface area (Å²) in [5.41, 5.74) is -0.176. The van der Waals surface area contributed by atoms with Crippen LogP contribution in [0.25, 0.3) is 0 Å². The first-order valence-corrected chi connectivity index (χ1v) is 5.10. The summed E-state index contributed by atoms with van der Waals surface area (Å²) in [6, 6.07) is 4.32. The third kappa shape index (κ3) is 2.94. The van der Waals surface area contributed by atoms with Crippen LogP contribution in [0.4, 0.5) is 0 Å².